The number of imidazole rings is 1. The molecule has 4 heteroatoms. The van der Waals surface area contributed by atoms with E-state index in [9.17, 15) is 4.39 Å². The van der Waals surface area contributed by atoms with Crippen LogP contribution in [0.25, 0.3) is 11.3 Å². The van der Waals surface area contributed by atoms with Gasteiger partial charge in [-0.2, -0.15) is 0 Å². The van der Waals surface area contributed by atoms with E-state index in [4.69, 9.17) is 10.7 Å². The highest BCUT2D eigenvalue weighted by Gasteiger charge is 2.23. The van der Waals surface area contributed by atoms with Crippen molar-refractivity contribution in [1.82, 2.24) is 9.55 Å². The van der Waals surface area contributed by atoms with Crippen molar-refractivity contribution in [3.8, 4) is 11.3 Å². The van der Waals surface area contributed by atoms with Crippen LogP contribution < -0.4 is 5.73 Å². The molecule has 0 unspecified atom stereocenters. The predicted octanol–water partition coefficient (Wildman–Crippen LogP) is 4.16. The monoisotopic (exact) mass is 287 g/mol. The van der Waals surface area contributed by atoms with Gasteiger partial charge in [0.25, 0.3) is 0 Å². The van der Waals surface area contributed by atoms with E-state index in [1.54, 1.807) is 13.0 Å². The van der Waals surface area contributed by atoms with Gasteiger partial charge in [-0.15, -0.1) is 0 Å². The first kappa shape index (κ1) is 14.1. The molecule has 112 valence electrons. The SMILES string of the molecule is Cc1ccc(-c2nc(C3CCCCC3)n(C)c2N)cc1F. The highest BCUT2D eigenvalue weighted by Crippen LogP contribution is 2.36. The number of nitrogens with zero attached hydrogens (tertiary/aromatic N) is 2. The number of benzene rings is 1. The quantitative estimate of drug-likeness (QED) is 0.901. The maximum atomic E-state index is 13.8. The van der Waals surface area contributed by atoms with Crippen molar-refractivity contribution in [1.29, 1.82) is 0 Å². The number of nitrogens with two attached hydrogens (primary N) is 1. The van der Waals surface area contributed by atoms with Crippen LogP contribution in [0.15, 0.2) is 18.2 Å². The van der Waals surface area contributed by atoms with E-state index < -0.39 is 0 Å². The molecule has 1 aliphatic carbocycles. The van der Waals surface area contributed by atoms with E-state index in [0.29, 0.717) is 23.0 Å². The van der Waals surface area contributed by atoms with Crippen LogP contribution in [0.1, 0.15) is 49.4 Å². The molecule has 1 heterocycles. The van der Waals surface area contributed by atoms with Gasteiger partial charge in [0.05, 0.1) is 0 Å². The van der Waals surface area contributed by atoms with Crippen LogP contribution in [0.2, 0.25) is 0 Å². The highest BCUT2D eigenvalue weighted by molar-refractivity contribution is 5.71. The molecule has 3 rings (SSSR count). The van der Waals surface area contributed by atoms with Gasteiger partial charge in [0.2, 0.25) is 0 Å². The zero-order chi connectivity index (χ0) is 15.0. The Morgan fingerprint density at radius 1 is 1.24 bits per heavy atom. The molecule has 0 atom stereocenters. The second-order valence-corrected chi connectivity index (χ2v) is 6.06. The average Bonchev–Trinajstić information content (AvgIpc) is 2.79. The lowest BCUT2D eigenvalue weighted by atomic mass is 9.89. The van der Waals surface area contributed by atoms with E-state index >= 15 is 0 Å². The van der Waals surface area contributed by atoms with Gasteiger partial charge < -0.3 is 10.3 Å². The Morgan fingerprint density at radius 2 is 1.95 bits per heavy atom. The van der Waals surface area contributed by atoms with Crippen molar-refractivity contribution in [2.45, 2.75) is 44.9 Å². The smallest absolute Gasteiger partial charge is 0.131 e. The van der Waals surface area contributed by atoms with Crippen LogP contribution in [0.3, 0.4) is 0 Å². The van der Waals surface area contributed by atoms with E-state index in [-0.39, 0.29) is 5.82 Å². The molecule has 0 amide bonds. The van der Waals surface area contributed by atoms with E-state index in [1.807, 2.05) is 17.7 Å². The summed E-state index contributed by atoms with van der Waals surface area (Å²) in [5.41, 5.74) is 8.31. The van der Waals surface area contributed by atoms with Gasteiger partial charge in [0, 0.05) is 18.5 Å². The van der Waals surface area contributed by atoms with E-state index in [1.165, 1.54) is 38.2 Å². The molecule has 0 spiro atoms. The lowest BCUT2D eigenvalue weighted by Crippen LogP contribution is -2.11. The molecule has 0 aliphatic heterocycles. The second-order valence-electron chi connectivity index (χ2n) is 6.06. The normalized spacial score (nSPS) is 16.3. The fourth-order valence-electron chi connectivity index (χ4n) is 3.21. The molecule has 1 aromatic carbocycles. The predicted molar refractivity (Wildman–Crippen MR) is 83.6 cm³/mol. The van der Waals surface area contributed by atoms with Gasteiger partial charge in [-0.1, -0.05) is 31.4 Å². The summed E-state index contributed by atoms with van der Waals surface area (Å²) >= 11 is 0. The van der Waals surface area contributed by atoms with Crippen LogP contribution in [-0.2, 0) is 7.05 Å². The van der Waals surface area contributed by atoms with E-state index in [2.05, 4.69) is 0 Å². The van der Waals surface area contributed by atoms with Crippen LogP contribution in [0.5, 0.6) is 0 Å². The third-order valence-electron chi connectivity index (χ3n) is 4.59. The minimum Gasteiger partial charge on any atom is -0.383 e. The largest absolute Gasteiger partial charge is 0.383 e. The van der Waals surface area contributed by atoms with Gasteiger partial charge >= 0.3 is 0 Å². The number of hydrogen-bond acceptors (Lipinski definition) is 2. The number of halogens is 1. The Hall–Kier alpha value is -1.84. The van der Waals surface area contributed by atoms with Gasteiger partial charge in [-0.05, 0) is 31.4 Å². The zero-order valence-electron chi connectivity index (χ0n) is 12.7. The van der Waals surface area contributed by atoms with Crippen molar-refractivity contribution in [2.24, 2.45) is 7.05 Å². The Morgan fingerprint density at radius 3 is 2.62 bits per heavy atom. The summed E-state index contributed by atoms with van der Waals surface area (Å²) in [6, 6.07) is 5.19. The minimum atomic E-state index is -0.211. The number of anilines is 1. The highest BCUT2D eigenvalue weighted by atomic mass is 19.1. The minimum absolute atomic E-state index is 0.211. The van der Waals surface area contributed by atoms with Crippen molar-refractivity contribution < 1.29 is 4.39 Å². The number of hydrogen-bond donors (Lipinski definition) is 1. The first-order valence-corrected chi connectivity index (χ1v) is 7.66. The molecule has 1 aliphatic rings. The maximum Gasteiger partial charge on any atom is 0.131 e. The fraction of sp³-hybridized carbons (Fsp3) is 0.471. The molecular formula is C17H22FN3. The Labute approximate surface area is 125 Å². The molecular weight excluding hydrogens is 265 g/mol. The summed E-state index contributed by atoms with van der Waals surface area (Å²) in [5.74, 6) is 1.94. The summed E-state index contributed by atoms with van der Waals surface area (Å²) < 4.78 is 15.8. The van der Waals surface area contributed by atoms with Gasteiger partial charge in [0.1, 0.15) is 23.2 Å². The lowest BCUT2D eigenvalue weighted by Gasteiger charge is -2.21. The molecule has 1 saturated carbocycles. The second kappa shape index (κ2) is 5.51. The molecule has 0 saturated heterocycles. The molecule has 3 nitrogen and oxygen atoms in total. The van der Waals surface area contributed by atoms with Crippen LogP contribution >= 0.6 is 0 Å². The van der Waals surface area contributed by atoms with Crippen molar-refractivity contribution in [2.75, 3.05) is 5.73 Å². The van der Waals surface area contributed by atoms with Gasteiger partial charge in [-0.3, -0.25) is 0 Å². The van der Waals surface area contributed by atoms with Crippen LogP contribution in [0, 0.1) is 12.7 Å². The van der Waals surface area contributed by atoms with Crippen LogP contribution in [-0.4, -0.2) is 9.55 Å². The summed E-state index contributed by atoms with van der Waals surface area (Å²) in [6.07, 6.45) is 6.17. The number of aryl methyl sites for hydroxylation is 1. The molecule has 0 radical (unpaired) electrons. The third-order valence-corrected chi connectivity index (χ3v) is 4.59. The molecule has 1 aromatic heterocycles. The van der Waals surface area contributed by atoms with Crippen molar-refractivity contribution in [3.63, 3.8) is 0 Å². The molecule has 2 aromatic rings. The molecule has 2 N–H and O–H groups in total. The fourth-order valence-corrected chi connectivity index (χ4v) is 3.21. The Bertz CT molecular complexity index is 654. The van der Waals surface area contributed by atoms with Gasteiger partial charge in [-0.25, -0.2) is 9.37 Å². The van der Waals surface area contributed by atoms with E-state index in [0.717, 1.165) is 11.4 Å². The summed E-state index contributed by atoms with van der Waals surface area (Å²) in [5, 5.41) is 0. The summed E-state index contributed by atoms with van der Waals surface area (Å²) in [7, 11) is 1.96. The lowest BCUT2D eigenvalue weighted by molar-refractivity contribution is 0.422. The van der Waals surface area contributed by atoms with Gasteiger partial charge in [0.15, 0.2) is 0 Å². The standard InChI is InChI=1S/C17H22FN3/c1-11-8-9-13(10-14(11)18)15-16(19)21(2)17(20-15)12-6-4-3-5-7-12/h8-10,12H,3-7,19H2,1-2H3. The Kier molecular flexibility index (Phi) is 3.70. The molecule has 1 fully saturated rings. The molecule has 0 bridgehead atoms. The van der Waals surface area contributed by atoms with Crippen molar-refractivity contribution >= 4 is 5.82 Å². The molecule has 21 heavy (non-hydrogen) atoms. The third kappa shape index (κ3) is 2.55. The van der Waals surface area contributed by atoms with Crippen LogP contribution in [0.4, 0.5) is 10.2 Å². The zero-order valence-corrected chi connectivity index (χ0v) is 12.7. The Balaban J connectivity index is 2.01. The average molecular weight is 287 g/mol. The number of aromatic nitrogens is 2. The first-order chi connectivity index (χ1) is 10.1. The number of rotatable bonds is 2. The summed E-state index contributed by atoms with van der Waals surface area (Å²) in [6.45, 7) is 1.76. The first-order valence-electron chi connectivity index (χ1n) is 7.66. The van der Waals surface area contributed by atoms with Crippen molar-refractivity contribution in [3.05, 3.63) is 35.4 Å². The number of nitrogen functional groups attached to an aromatic ring is 1. The summed E-state index contributed by atoms with van der Waals surface area (Å²) in [4.78, 5) is 4.75. The topological polar surface area (TPSA) is 43.8 Å². The maximum absolute atomic E-state index is 13.8.